The SMILES string of the molecule is CSc1ccccc1NC(=O)CN1CCC(CCO)C1. The Morgan fingerprint density at radius 1 is 1.50 bits per heavy atom. The van der Waals surface area contributed by atoms with Crippen molar-refractivity contribution in [3.8, 4) is 0 Å². The lowest BCUT2D eigenvalue weighted by molar-refractivity contribution is -0.117. The number of rotatable bonds is 6. The van der Waals surface area contributed by atoms with Crippen molar-refractivity contribution in [1.29, 1.82) is 0 Å². The van der Waals surface area contributed by atoms with Gasteiger partial charge < -0.3 is 10.4 Å². The fourth-order valence-electron chi connectivity index (χ4n) is 2.62. The Kier molecular flexibility index (Phi) is 5.88. The van der Waals surface area contributed by atoms with Crippen LogP contribution in [0.5, 0.6) is 0 Å². The minimum Gasteiger partial charge on any atom is -0.396 e. The molecular formula is C15H22N2O2S. The molecule has 0 radical (unpaired) electrons. The van der Waals surface area contributed by atoms with Gasteiger partial charge in [-0.2, -0.15) is 0 Å². The zero-order valence-electron chi connectivity index (χ0n) is 11.8. The Morgan fingerprint density at radius 2 is 2.30 bits per heavy atom. The van der Waals surface area contributed by atoms with Gasteiger partial charge in [-0.25, -0.2) is 0 Å². The fraction of sp³-hybridized carbons (Fsp3) is 0.533. The van der Waals surface area contributed by atoms with Crippen molar-refractivity contribution >= 4 is 23.4 Å². The highest BCUT2D eigenvalue weighted by Gasteiger charge is 2.23. The highest BCUT2D eigenvalue weighted by Crippen LogP contribution is 2.25. The summed E-state index contributed by atoms with van der Waals surface area (Å²) < 4.78 is 0. The van der Waals surface area contributed by atoms with E-state index in [0.717, 1.165) is 36.5 Å². The van der Waals surface area contributed by atoms with E-state index < -0.39 is 0 Å². The van der Waals surface area contributed by atoms with Crippen LogP contribution in [0.4, 0.5) is 5.69 Å². The van der Waals surface area contributed by atoms with E-state index in [1.165, 1.54) is 0 Å². The van der Waals surface area contributed by atoms with Crippen LogP contribution < -0.4 is 5.32 Å². The molecule has 0 saturated carbocycles. The second kappa shape index (κ2) is 7.67. The zero-order chi connectivity index (χ0) is 14.4. The number of hydrogen-bond acceptors (Lipinski definition) is 4. The van der Waals surface area contributed by atoms with E-state index in [1.807, 2.05) is 30.5 Å². The Morgan fingerprint density at radius 3 is 3.05 bits per heavy atom. The van der Waals surface area contributed by atoms with Gasteiger partial charge in [0.05, 0.1) is 12.2 Å². The lowest BCUT2D eigenvalue weighted by Gasteiger charge is -2.16. The number of benzene rings is 1. The van der Waals surface area contributed by atoms with Crippen molar-refractivity contribution in [1.82, 2.24) is 4.90 Å². The Hall–Kier alpha value is -1.04. The third-order valence-corrected chi connectivity index (χ3v) is 4.45. The van der Waals surface area contributed by atoms with Crippen molar-refractivity contribution in [3.05, 3.63) is 24.3 Å². The van der Waals surface area contributed by atoms with Crippen LogP contribution in [0.3, 0.4) is 0 Å². The summed E-state index contributed by atoms with van der Waals surface area (Å²) >= 11 is 1.63. The Labute approximate surface area is 124 Å². The van der Waals surface area contributed by atoms with Crippen molar-refractivity contribution in [2.75, 3.05) is 37.8 Å². The van der Waals surface area contributed by atoms with Crippen LogP contribution in [0.2, 0.25) is 0 Å². The summed E-state index contributed by atoms with van der Waals surface area (Å²) in [4.78, 5) is 15.3. The molecule has 110 valence electrons. The zero-order valence-corrected chi connectivity index (χ0v) is 12.7. The van der Waals surface area contributed by atoms with Gasteiger partial charge in [-0.3, -0.25) is 9.69 Å². The molecule has 1 unspecified atom stereocenters. The summed E-state index contributed by atoms with van der Waals surface area (Å²) in [5.74, 6) is 0.572. The van der Waals surface area contributed by atoms with E-state index in [9.17, 15) is 4.79 Å². The first kappa shape index (κ1) is 15.4. The predicted molar refractivity (Wildman–Crippen MR) is 83.1 cm³/mol. The lowest BCUT2D eigenvalue weighted by atomic mass is 10.1. The van der Waals surface area contributed by atoms with E-state index in [-0.39, 0.29) is 12.5 Å². The molecule has 1 aliphatic heterocycles. The van der Waals surface area contributed by atoms with Crippen LogP contribution in [0.15, 0.2) is 29.2 Å². The first-order valence-electron chi connectivity index (χ1n) is 6.99. The number of amides is 1. The van der Waals surface area contributed by atoms with Crippen LogP contribution in [0, 0.1) is 5.92 Å². The number of aliphatic hydroxyl groups is 1. The fourth-order valence-corrected chi connectivity index (χ4v) is 3.17. The van der Waals surface area contributed by atoms with E-state index in [1.54, 1.807) is 11.8 Å². The van der Waals surface area contributed by atoms with E-state index >= 15 is 0 Å². The molecule has 1 aromatic carbocycles. The van der Waals surface area contributed by atoms with Gasteiger partial charge in [0, 0.05) is 18.0 Å². The lowest BCUT2D eigenvalue weighted by Crippen LogP contribution is -2.31. The van der Waals surface area contributed by atoms with E-state index in [0.29, 0.717) is 12.5 Å². The molecule has 1 aliphatic rings. The number of anilines is 1. The maximum atomic E-state index is 12.1. The molecule has 1 amide bonds. The first-order chi connectivity index (χ1) is 9.72. The predicted octanol–water partition coefficient (Wildman–Crippen LogP) is 2.05. The normalized spacial score (nSPS) is 19.2. The van der Waals surface area contributed by atoms with Crippen molar-refractivity contribution in [2.24, 2.45) is 5.92 Å². The van der Waals surface area contributed by atoms with Gasteiger partial charge in [0.15, 0.2) is 0 Å². The van der Waals surface area contributed by atoms with Crippen LogP contribution in [0.1, 0.15) is 12.8 Å². The number of carbonyl (C=O) groups is 1. The molecule has 0 aliphatic carbocycles. The molecule has 1 fully saturated rings. The summed E-state index contributed by atoms with van der Waals surface area (Å²) in [5, 5.41) is 11.9. The average molecular weight is 294 g/mol. The highest BCUT2D eigenvalue weighted by molar-refractivity contribution is 7.98. The van der Waals surface area contributed by atoms with Gasteiger partial charge in [0.25, 0.3) is 0 Å². The second-order valence-electron chi connectivity index (χ2n) is 5.15. The number of aliphatic hydroxyl groups excluding tert-OH is 1. The monoisotopic (exact) mass is 294 g/mol. The number of thioether (sulfide) groups is 1. The van der Waals surface area contributed by atoms with Gasteiger partial charge in [-0.15, -0.1) is 11.8 Å². The molecule has 1 aromatic rings. The number of nitrogens with one attached hydrogen (secondary N) is 1. The summed E-state index contributed by atoms with van der Waals surface area (Å²) in [6.45, 7) is 2.54. The maximum absolute atomic E-state index is 12.1. The van der Waals surface area contributed by atoms with Crippen LogP contribution >= 0.6 is 11.8 Å². The number of para-hydroxylation sites is 1. The quantitative estimate of drug-likeness (QED) is 0.789. The van der Waals surface area contributed by atoms with Gasteiger partial charge >= 0.3 is 0 Å². The molecule has 2 N–H and O–H groups in total. The van der Waals surface area contributed by atoms with Crippen LogP contribution in [-0.4, -0.2) is 48.4 Å². The molecular weight excluding hydrogens is 272 g/mol. The molecule has 1 heterocycles. The molecule has 5 heteroatoms. The maximum Gasteiger partial charge on any atom is 0.238 e. The van der Waals surface area contributed by atoms with E-state index in [2.05, 4.69) is 10.2 Å². The molecule has 0 bridgehead atoms. The molecule has 2 rings (SSSR count). The first-order valence-corrected chi connectivity index (χ1v) is 8.21. The molecule has 1 saturated heterocycles. The van der Waals surface area contributed by atoms with Crippen LogP contribution in [-0.2, 0) is 4.79 Å². The molecule has 4 nitrogen and oxygen atoms in total. The summed E-state index contributed by atoms with van der Waals surface area (Å²) in [6, 6.07) is 7.85. The molecule has 1 atom stereocenters. The third kappa shape index (κ3) is 4.23. The van der Waals surface area contributed by atoms with Gasteiger partial charge in [-0.05, 0) is 43.7 Å². The molecule has 0 aromatic heterocycles. The number of hydrogen-bond donors (Lipinski definition) is 2. The standard InChI is InChI=1S/C15H22N2O2S/c1-20-14-5-3-2-4-13(14)16-15(19)11-17-8-6-12(10-17)7-9-18/h2-5,12,18H,6-11H2,1H3,(H,16,19). The topological polar surface area (TPSA) is 52.6 Å². The summed E-state index contributed by atoms with van der Waals surface area (Å²) in [6.07, 6.45) is 3.92. The highest BCUT2D eigenvalue weighted by atomic mass is 32.2. The Bertz CT molecular complexity index is 453. The Balaban J connectivity index is 1.84. The van der Waals surface area contributed by atoms with Crippen molar-refractivity contribution in [3.63, 3.8) is 0 Å². The van der Waals surface area contributed by atoms with Gasteiger partial charge in [0.2, 0.25) is 5.91 Å². The molecule has 0 spiro atoms. The van der Waals surface area contributed by atoms with Gasteiger partial charge in [0.1, 0.15) is 0 Å². The number of nitrogens with zero attached hydrogens (tertiary/aromatic N) is 1. The van der Waals surface area contributed by atoms with Gasteiger partial charge in [-0.1, -0.05) is 12.1 Å². The second-order valence-corrected chi connectivity index (χ2v) is 6.00. The number of carbonyl (C=O) groups excluding carboxylic acids is 1. The van der Waals surface area contributed by atoms with Crippen molar-refractivity contribution in [2.45, 2.75) is 17.7 Å². The third-order valence-electron chi connectivity index (χ3n) is 3.66. The van der Waals surface area contributed by atoms with Crippen LogP contribution in [0.25, 0.3) is 0 Å². The summed E-state index contributed by atoms with van der Waals surface area (Å²) in [7, 11) is 0. The number of likely N-dealkylation sites (tertiary alicyclic amines) is 1. The van der Waals surface area contributed by atoms with E-state index in [4.69, 9.17) is 5.11 Å². The largest absolute Gasteiger partial charge is 0.396 e. The molecule has 20 heavy (non-hydrogen) atoms. The minimum absolute atomic E-state index is 0.0381. The average Bonchev–Trinajstić information content (AvgIpc) is 2.87. The minimum atomic E-state index is 0.0381. The summed E-state index contributed by atoms with van der Waals surface area (Å²) in [5.41, 5.74) is 0.885. The smallest absolute Gasteiger partial charge is 0.238 e. The van der Waals surface area contributed by atoms with Crippen molar-refractivity contribution < 1.29 is 9.90 Å².